The van der Waals surface area contributed by atoms with E-state index in [1.54, 1.807) is 21.2 Å². The monoisotopic (exact) mass is 374 g/mol. The smallest absolute Gasteiger partial charge is 0.318 e. The largest absolute Gasteiger partial charge is 0.335 e. The van der Waals surface area contributed by atoms with E-state index in [9.17, 15) is 9.59 Å². The third-order valence-corrected chi connectivity index (χ3v) is 5.89. The third kappa shape index (κ3) is 2.86. The van der Waals surface area contributed by atoms with Crippen molar-refractivity contribution in [2.24, 2.45) is 7.05 Å². The van der Waals surface area contributed by atoms with E-state index in [0.717, 1.165) is 17.0 Å². The molecule has 0 aliphatic carbocycles. The maximum atomic E-state index is 12.9. The Kier molecular flexibility index (Phi) is 4.18. The van der Waals surface area contributed by atoms with Gasteiger partial charge in [-0.05, 0) is 20.3 Å². The van der Waals surface area contributed by atoms with Crippen LogP contribution < -0.4 is 5.32 Å². The van der Waals surface area contributed by atoms with Crippen molar-refractivity contribution in [2.75, 3.05) is 13.1 Å². The second-order valence-electron chi connectivity index (χ2n) is 7.10. The van der Waals surface area contributed by atoms with Gasteiger partial charge in [0.2, 0.25) is 0 Å². The molecule has 2 aromatic rings. The second kappa shape index (κ2) is 6.39. The molecule has 0 saturated carbocycles. The number of nitrogens with one attached hydrogen (secondary N) is 1. The SMILES string of the molecule is CC(C)N1C(=O)N[C@@H]2CN(C(=O)c3csc(-c4cnn(C)c4)n3)CC[C@@H]21. The predicted octanol–water partition coefficient (Wildman–Crippen LogP) is 1.56. The minimum Gasteiger partial charge on any atom is -0.335 e. The Morgan fingerprint density at radius 3 is 2.92 bits per heavy atom. The van der Waals surface area contributed by atoms with Gasteiger partial charge >= 0.3 is 6.03 Å². The Morgan fingerprint density at radius 2 is 2.23 bits per heavy atom. The molecule has 0 spiro atoms. The molecule has 138 valence electrons. The molecule has 4 heterocycles. The first-order valence-corrected chi connectivity index (χ1v) is 9.64. The summed E-state index contributed by atoms with van der Waals surface area (Å²) in [6.07, 6.45) is 4.41. The quantitative estimate of drug-likeness (QED) is 0.884. The van der Waals surface area contributed by atoms with Crippen LogP contribution in [0.25, 0.3) is 10.6 Å². The fourth-order valence-electron chi connectivity index (χ4n) is 3.80. The summed E-state index contributed by atoms with van der Waals surface area (Å²) in [5.41, 5.74) is 1.36. The molecule has 26 heavy (non-hydrogen) atoms. The molecule has 0 radical (unpaired) electrons. The van der Waals surface area contributed by atoms with Crippen molar-refractivity contribution in [1.82, 2.24) is 29.9 Å². The number of fused-ring (bicyclic) bond motifs is 1. The zero-order valence-electron chi connectivity index (χ0n) is 15.0. The van der Waals surface area contributed by atoms with Gasteiger partial charge < -0.3 is 15.1 Å². The summed E-state index contributed by atoms with van der Waals surface area (Å²) in [5, 5.41) is 9.75. The van der Waals surface area contributed by atoms with Crippen LogP contribution in [0.4, 0.5) is 4.79 Å². The van der Waals surface area contributed by atoms with Gasteiger partial charge in [0.1, 0.15) is 10.7 Å². The Bertz CT molecular complexity index is 844. The summed E-state index contributed by atoms with van der Waals surface area (Å²) >= 11 is 1.44. The maximum absolute atomic E-state index is 12.9. The molecule has 0 aromatic carbocycles. The zero-order chi connectivity index (χ0) is 18.4. The zero-order valence-corrected chi connectivity index (χ0v) is 15.9. The van der Waals surface area contributed by atoms with Gasteiger partial charge in [-0.1, -0.05) is 0 Å². The van der Waals surface area contributed by atoms with Gasteiger partial charge in [0.15, 0.2) is 0 Å². The minimum atomic E-state index is -0.0768. The maximum Gasteiger partial charge on any atom is 0.318 e. The molecular weight excluding hydrogens is 352 g/mol. The summed E-state index contributed by atoms with van der Waals surface area (Å²) in [6.45, 7) is 5.21. The molecule has 2 atom stereocenters. The van der Waals surface area contributed by atoms with E-state index in [0.29, 0.717) is 18.8 Å². The number of nitrogens with zero attached hydrogens (tertiary/aromatic N) is 5. The number of thiazole rings is 1. The number of amides is 3. The first-order valence-electron chi connectivity index (χ1n) is 8.76. The lowest BCUT2D eigenvalue weighted by atomic mass is 9.99. The van der Waals surface area contributed by atoms with E-state index in [2.05, 4.69) is 15.4 Å². The number of rotatable bonds is 3. The lowest BCUT2D eigenvalue weighted by Gasteiger charge is -2.37. The number of piperidine rings is 1. The van der Waals surface area contributed by atoms with Gasteiger partial charge in [-0.25, -0.2) is 9.78 Å². The molecule has 0 unspecified atom stereocenters. The van der Waals surface area contributed by atoms with Gasteiger partial charge in [0.05, 0.1) is 18.3 Å². The van der Waals surface area contributed by atoms with Gasteiger partial charge in [-0.2, -0.15) is 5.10 Å². The molecule has 2 saturated heterocycles. The Morgan fingerprint density at radius 1 is 1.42 bits per heavy atom. The van der Waals surface area contributed by atoms with Crippen molar-refractivity contribution in [2.45, 2.75) is 38.4 Å². The topological polar surface area (TPSA) is 83.4 Å². The molecule has 2 fully saturated rings. The van der Waals surface area contributed by atoms with E-state index in [1.165, 1.54) is 11.3 Å². The molecule has 1 N–H and O–H groups in total. The molecule has 0 bridgehead atoms. The molecule has 9 heteroatoms. The van der Waals surface area contributed by atoms with Gasteiger partial charge in [-0.3, -0.25) is 9.48 Å². The number of likely N-dealkylation sites (tertiary alicyclic amines) is 1. The lowest BCUT2D eigenvalue weighted by Crippen LogP contribution is -2.53. The first-order chi connectivity index (χ1) is 12.4. The Labute approximate surface area is 155 Å². The summed E-state index contributed by atoms with van der Waals surface area (Å²) < 4.78 is 1.71. The van der Waals surface area contributed by atoms with E-state index < -0.39 is 0 Å². The Hall–Kier alpha value is -2.42. The highest BCUT2D eigenvalue weighted by Gasteiger charge is 2.44. The summed E-state index contributed by atoms with van der Waals surface area (Å²) in [5.74, 6) is -0.0768. The van der Waals surface area contributed by atoms with E-state index in [1.807, 2.05) is 32.0 Å². The third-order valence-electron chi connectivity index (χ3n) is 5.00. The van der Waals surface area contributed by atoms with Gasteiger partial charge in [0.25, 0.3) is 5.91 Å². The van der Waals surface area contributed by atoms with Crippen molar-refractivity contribution in [3.8, 4) is 10.6 Å². The molecule has 2 aromatic heterocycles. The standard InChI is InChI=1S/C17H22N6O2S/c1-10(2)23-14-4-5-22(8-12(14)20-17(23)25)16(24)13-9-26-15(19-13)11-6-18-21(3)7-11/h6-7,9-10,12,14H,4-5,8H2,1-3H3,(H,20,25)/t12-,14+/m1/s1. The molecule has 2 aliphatic heterocycles. The normalized spacial score (nSPS) is 22.7. The second-order valence-corrected chi connectivity index (χ2v) is 7.96. The van der Waals surface area contributed by atoms with E-state index in [-0.39, 0.29) is 30.1 Å². The van der Waals surface area contributed by atoms with Crippen LogP contribution in [-0.2, 0) is 7.05 Å². The average molecular weight is 374 g/mol. The number of carbonyl (C=O) groups is 2. The van der Waals surface area contributed by atoms with Crippen molar-refractivity contribution < 1.29 is 9.59 Å². The summed E-state index contributed by atoms with van der Waals surface area (Å²) in [6, 6.07) is 0.275. The highest BCUT2D eigenvalue weighted by atomic mass is 32.1. The predicted molar refractivity (Wildman–Crippen MR) is 97.9 cm³/mol. The summed E-state index contributed by atoms with van der Waals surface area (Å²) in [7, 11) is 1.85. The highest BCUT2D eigenvalue weighted by Crippen LogP contribution is 2.27. The van der Waals surface area contributed by atoms with Crippen LogP contribution in [0.15, 0.2) is 17.8 Å². The van der Waals surface area contributed by atoms with Crippen molar-refractivity contribution >= 4 is 23.3 Å². The fourth-order valence-corrected chi connectivity index (χ4v) is 4.57. The number of aromatic nitrogens is 3. The average Bonchev–Trinajstić information content (AvgIpc) is 3.30. The van der Waals surface area contributed by atoms with Crippen LogP contribution >= 0.6 is 11.3 Å². The fraction of sp³-hybridized carbons (Fsp3) is 0.529. The van der Waals surface area contributed by atoms with E-state index in [4.69, 9.17) is 0 Å². The Balaban J connectivity index is 1.47. The number of carbonyl (C=O) groups excluding carboxylic acids is 2. The minimum absolute atomic E-state index is 0.0148. The van der Waals surface area contributed by atoms with Gasteiger partial charge in [0, 0.05) is 43.3 Å². The van der Waals surface area contributed by atoms with Crippen molar-refractivity contribution in [1.29, 1.82) is 0 Å². The molecule has 8 nitrogen and oxygen atoms in total. The number of urea groups is 1. The van der Waals surface area contributed by atoms with Crippen LogP contribution in [0.3, 0.4) is 0 Å². The van der Waals surface area contributed by atoms with Gasteiger partial charge in [-0.15, -0.1) is 11.3 Å². The molecular formula is C17H22N6O2S. The summed E-state index contributed by atoms with van der Waals surface area (Å²) in [4.78, 5) is 33.2. The van der Waals surface area contributed by atoms with Crippen molar-refractivity contribution in [3.63, 3.8) is 0 Å². The van der Waals surface area contributed by atoms with Crippen LogP contribution in [0.2, 0.25) is 0 Å². The molecule has 2 aliphatic rings. The molecule has 4 rings (SSSR count). The number of aryl methyl sites for hydroxylation is 1. The van der Waals surface area contributed by atoms with Crippen LogP contribution in [0.1, 0.15) is 30.8 Å². The van der Waals surface area contributed by atoms with Crippen LogP contribution in [0, 0.1) is 0 Å². The van der Waals surface area contributed by atoms with Crippen LogP contribution in [-0.4, -0.2) is 67.7 Å². The van der Waals surface area contributed by atoms with E-state index >= 15 is 0 Å². The number of hydrogen-bond donors (Lipinski definition) is 1. The van der Waals surface area contributed by atoms with Crippen molar-refractivity contribution in [3.05, 3.63) is 23.5 Å². The highest BCUT2D eigenvalue weighted by molar-refractivity contribution is 7.13. The molecule has 3 amide bonds. The number of hydrogen-bond acceptors (Lipinski definition) is 5. The lowest BCUT2D eigenvalue weighted by molar-refractivity contribution is 0.0640. The van der Waals surface area contributed by atoms with Crippen LogP contribution in [0.5, 0.6) is 0 Å². The first kappa shape index (κ1) is 17.0.